The van der Waals surface area contributed by atoms with Crippen LogP contribution in [0.2, 0.25) is 0 Å². The number of aromatic amines is 1. The maximum absolute atomic E-state index is 11.9. The molecule has 3 N–H and O–H groups in total. The highest BCUT2D eigenvalue weighted by atomic mass is 32.2. The molecule has 1 heterocycles. The van der Waals surface area contributed by atoms with Gasteiger partial charge in [0.25, 0.3) is 0 Å². The van der Waals surface area contributed by atoms with Crippen molar-refractivity contribution in [2.24, 2.45) is 5.73 Å². The molecule has 0 fully saturated rings. The zero-order chi connectivity index (χ0) is 10.1. The lowest BCUT2D eigenvalue weighted by atomic mass is 10.4. The van der Waals surface area contributed by atoms with Gasteiger partial charge in [0, 0.05) is 0 Å². The molecule has 0 saturated heterocycles. The van der Waals surface area contributed by atoms with Gasteiger partial charge in [-0.05, 0) is 11.8 Å². The van der Waals surface area contributed by atoms with Gasteiger partial charge in [0.05, 0.1) is 11.1 Å². The maximum atomic E-state index is 11.9. The van der Waals surface area contributed by atoms with E-state index in [9.17, 15) is 13.2 Å². The summed E-state index contributed by atoms with van der Waals surface area (Å²) in [5, 5.41) is 5.70. The number of nitrogens with two attached hydrogens (primary N) is 1. The van der Waals surface area contributed by atoms with Crippen LogP contribution in [0.5, 0.6) is 0 Å². The van der Waals surface area contributed by atoms with Crippen LogP contribution in [-0.4, -0.2) is 20.7 Å². The van der Waals surface area contributed by atoms with Crippen molar-refractivity contribution >= 4 is 29.0 Å². The lowest BCUT2D eigenvalue weighted by Gasteiger charge is -2.04. The number of alkyl halides is 3. The fourth-order valence-electron chi connectivity index (χ4n) is 0.654. The van der Waals surface area contributed by atoms with E-state index in [1.165, 1.54) is 0 Å². The van der Waals surface area contributed by atoms with Crippen molar-refractivity contribution in [1.29, 1.82) is 0 Å². The van der Waals surface area contributed by atoms with E-state index in [-0.39, 0.29) is 27.3 Å². The highest BCUT2D eigenvalue weighted by Gasteiger charge is 2.31. The quantitative estimate of drug-likeness (QED) is 0.596. The summed E-state index contributed by atoms with van der Waals surface area (Å²) in [4.78, 5) is -0.246. The normalized spacial score (nSPS) is 11.6. The first-order valence-corrected chi connectivity index (χ1v) is 4.21. The minimum absolute atomic E-state index is 0.0392. The van der Waals surface area contributed by atoms with Crippen LogP contribution in [-0.2, 0) is 0 Å². The molecule has 0 saturated carbocycles. The molecule has 0 amide bonds. The Morgan fingerprint density at radius 1 is 1.62 bits per heavy atom. The summed E-state index contributed by atoms with van der Waals surface area (Å²) in [6.45, 7) is 0. The Balaban J connectivity index is 2.89. The van der Waals surface area contributed by atoms with Crippen LogP contribution in [0, 0.1) is 0 Å². The fourth-order valence-corrected chi connectivity index (χ4v) is 1.49. The van der Waals surface area contributed by atoms with E-state index in [0.29, 0.717) is 0 Å². The Morgan fingerprint density at radius 2 is 2.23 bits per heavy atom. The topological polar surface area (TPSA) is 54.7 Å². The number of H-pyrrole nitrogens is 1. The SMILES string of the molecule is NC(=S)c1[nH]ncc1SC(F)(F)F. The molecule has 0 unspecified atom stereocenters. The molecular weight excluding hydrogens is 223 g/mol. The highest BCUT2D eigenvalue weighted by molar-refractivity contribution is 8.00. The third kappa shape index (κ3) is 2.88. The number of thiocarbonyl (C=S) groups is 1. The Kier molecular flexibility index (Phi) is 2.81. The molecule has 1 aromatic heterocycles. The van der Waals surface area contributed by atoms with Crippen LogP contribution >= 0.6 is 24.0 Å². The molecule has 0 radical (unpaired) electrons. The summed E-state index contributed by atoms with van der Waals surface area (Å²) >= 11 is 4.22. The first-order chi connectivity index (χ1) is 5.90. The van der Waals surface area contributed by atoms with Crippen LogP contribution < -0.4 is 5.73 Å². The Bertz CT molecular complexity index is 319. The van der Waals surface area contributed by atoms with Gasteiger partial charge in [0.1, 0.15) is 10.7 Å². The van der Waals surface area contributed by atoms with Gasteiger partial charge in [0.15, 0.2) is 0 Å². The van der Waals surface area contributed by atoms with E-state index < -0.39 is 5.51 Å². The number of nitrogens with zero attached hydrogens (tertiary/aromatic N) is 1. The summed E-state index contributed by atoms with van der Waals surface area (Å²) in [6.07, 6.45) is 1.03. The summed E-state index contributed by atoms with van der Waals surface area (Å²) in [6, 6.07) is 0. The minimum Gasteiger partial charge on any atom is -0.388 e. The Hall–Kier alpha value is -0.760. The van der Waals surface area contributed by atoms with E-state index in [4.69, 9.17) is 5.73 Å². The molecule has 3 nitrogen and oxygen atoms in total. The molecule has 0 spiro atoms. The van der Waals surface area contributed by atoms with Crippen LogP contribution in [0.4, 0.5) is 13.2 Å². The second-order valence-corrected chi connectivity index (χ2v) is 3.57. The fraction of sp³-hybridized carbons (Fsp3) is 0.200. The molecule has 0 aliphatic rings. The standard InChI is InChI=1S/C5H4F3N3S2/c6-5(7,8)13-2-1-10-11-3(2)4(9)12/h1H,(H2,9,12)(H,10,11). The number of aromatic nitrogens is 2. The third-order valence-corrected chi connectivity index (χ3v) is 2.04. The van der Waals surface area contributed by atoms with Crippen molar-refractivity contribution < 1.29 is 13.2 Å². The summed E-state index contributed by atoms with van der Waals surface area (Å²) in [5.74, 6) is 0. The average molecular weight is 227 g/mol. The van der Waals surface area contributed by atoms with Gasteiger partial charge in [-0.15, -0.1) is 0 Å². The van der Waals surface area contributed by atoms with Crippen molar-refractivity contribution in [3.05, 3.63) is 11.9 Å². The van der Waals surface area contributed by atoms with Gasteiger partial charge in [-0.3, -0.25) is 5.10 Å². The molecule has 0 aromatic carbocycles. The lowest BCUT2D eigenvalue weighted by molar-refractivity contribution is -0.0328. The van der Waals surface area contributed by atoms with Crippen LogP contribution in [0.25, 0.3) is 0 Å². The van der Waals surface area contributed by atoms with E-state index >= 15 is 0 Å². The number of rotatable bonds is 2. The van der Waals surface area contributed by atoms with E-state index in [1.807, 2.05) is 0 Å². The van der Waals surface area contributed by atoms with Gasteiger partial charge >= 0.3 is 5.51 Å². The van der Waals surface area contributed by atoms with Crippen LogP contribution in [0.1, 0.15) is 5.69 Å². The van der Waals surface area contributed by atoms with Gasteiger partial charge in [-0.2, -0.15) is 18.3 Å². The van der Waals surface area contributed by atoms with E-state index in [0.717, 1.165) is 6.20 Å². The Labute approximate surface area is 80.9 Å². The van der Waals surface area contributed by atoms with Gasteiger partial charge < -0.3 is 5.73 Å². The van der Waals surface area contributed by atoms with Crippen molar-refractivity contribution in [3.8, 4) is 0 Å². The second kappa shape index (κ2) is 3.54. The smallest absolute Gasteiger partial charge is 0.388 e. The molecule has 0 atom stereocenters. The van der Waals surface area contributed by atoms with Crippen molar-refractivity contribution in [2.45, 2.75) is 10.4 Å². The van der Waals surface area contributed by atoms with Gasteiger partial charge in [-0.25, -0.2) is 0 Å². The minimum atomic E-state index is -4.36. The van der Waals surface area contributed by atoms with Crippen molar-refractivity contribution in [3.63, 3.8) is 0 Å². The van der Waals surface area contributed by atoms with E-state index in [2.05, 4.69) is 22.4 Å². The summed E-state index contributed by atoms with van der Waals surface area (Å²) < 4.78 is 35.7. The van der Waals surface area contributed by atoms with Crippen LogP contribution in [0.15, 0.2) is 11.1 Å². The van der Waals surface area contributed by atoms with Gasteiger partial charge in [0.2, 0.25) is 0 Å². The molecular formula is C5H4F3N3S2. The third-order valence-electron chi connectivity index (χ3n) is 1.08. The molecule has 1 aromatic rings. The first kappa shape index (κ1) is 10.3. The first-order valence-electron chi connectivity index (χ1n) is 2.99. The zero-order valence-electron chi connectivity index (χ0n) is 6.05. The molecule has 0 aliphatic heterocycles. The number of halogens is 3. The van der Waals surface area contributed by atoms with E-state index in [1.54, 1.807) is 0 Å². The molecule has 13 heavy (non-hydrogen) atoms. The summed E-state index contributed by atoms with van der Waals surface area (Å²) in [7, 11) is 0. The van der Waals surface area contributed by atoms with Gasteiger partial charge in [-0.1, -0.05) is 12.2 Å². The highest BCUT2D eigenvalue weighted by Crippen LogP contribution is 2.37. The number of thioether (sulfide) groups is 1. The lowest BCUT2D eigenvalue weighted by Crippen LogP contribution is -2.12. The largest absolute Gasteiger partial charge is 0.446 e. The van der Waals surface area contributed by atoms with Crippen molar-refractivity contribution in [1.82, 2.24) is 10.2 Å². The number of hydrogen-bond acceptors (Lipinski definition) is 3. The molecule has 8 heteroatoms. The molecule has 1 rings (SSSR count). The molecule has 72 valence electrons. The zero-order valence-corrected chi connectivity index (χ0v) is 7.69. The number of nitrogens with one attached hydrogen (secondary N) is 1. The van der Waals surface area contributed by atoms with Crippen molar-refractivity contribution in [2.75, 3.05) is 0 Å². The molecule has 0 aliphatic carbocycles. The number of hydrogen-bond donors (Lipinski definition) is 2. The summed E-state index contributed by atoms with van der Waals surface area (Å²) in [5.41, 5.74) is 0.839. The maximum Gasteiger partial charge on any atom is 0.446 e. The Morgan fingerprint density at radius 3 is 2.69 bits per heavy atom. The van der Waals surface area contributed by atoms with Crippen LogP contribution in [0.3, 0.4) is 0 Å². The second-order valence-electron chi connectivity index (χ2n) is 2.02. The average Bonchev–Trinajstić information content (AvgIpc) is 2.31. The monoisotopic (exact) mass is 227 g/mol. The predicted octanol–water partition coefficient (Wildman–Crippen LogP) is 1.66. The molecule has 0 bridgehead atoms. The predicted molar refractivity (Wildman–Crippen MR) is 46.4 cm³/mol.